The van der Waals surface area contributed by atoms with Crippen LogP contribution in [0.1, 0.15) is 44.9 Å². The summed E-state index contributed by atoms with van der Waals surface area (Å²) in [6.07, 6.45) is 4.39. The van der Waals surface area contributed by atoms with Gasteiger partial charge in [0.05, 0.1) is 27.2 Å². The molecule has 0 bridgehead atoms. The summed E-state index contributed by atoms with van der Waals surface area (Å²) >= 11 is 0. The van der Waals surface area contributed by atoms with Gasteiger partial charge in [-0.15, -0.1) is 0 Å². The zero-order chi connectivity index (χ0) is 49.0. The van der Waals surface area contributed by atoms with Crippen molar-refractivity contribution < 1.29 is 58.9 Å². The van der Waals surface area contributed by atoms with Crippen molar-refractivity contribution >= 4 is 29.9 Å². The molecule has 1 aliphatic rings. The molecular formula is C54H53N3O12. The Kier molecular flexibility index (Phi) is 15.6. The second kappa shape index (κ2) is 22.3. The Morgan fingerprint density at radius 1 is 0.551 bits per heavy atom. The first-order valence-electron chi connectivity index (χ1n) is 22.1. The van der Waals surface area contributed by atoms with Crippen molar-refractivity contribution in [3.8, 4) is 51.7 Å². The van der Waals surface area contributed by atoms with Gasteiger partial charge in [-0.3, -0.25) is 14.4 Å². The van der Waals surface area contributed by atoms with E-state index in [1.165, 1.54) is 45.6 Å². The van der Waals surface area contributed by atoms with E-state index in [2.05, 4.69) is 16.0 Å². The number of amides is 3. The minimum atomic E-state index is -1.18. The van der Waals surface area contributed by atoms with Gasteiger partial charge in [0.15, 0.2) is 40.3 Å². The number of rotatable bonds is 19. The lowest BCUT2D eigenvalue weighted by atomic mass is 9.70. The number of ether oxygens (including phenoxy) is 4. The number of phenols is 5. The highest BCUT2D eigenvalue weighted by Gasteiger charge is 2.41. The van der Waals surface area contributed by atoms with E-state index in [9.17, 15) is 39.9 Å². The maximum absolute atomic E-state index is 14.8. The predicted molar refractivity (Wildman–Crippen MR) is 259 cm³/mol. The summed E-state index contributed by atoms with van der Waals surface area (Å²) < 4.78 is 23.3. The topological polar surface area (TPSA) is 225 Å². The summed E-state index contributed by atoms with van der Waals surface area (Å²) in [5.41, 5.74) is 4.70. The number of fused-ring (bicyclic) bond motifs is 1. The van der Waals surface area contributed by atoms with Crippen molar-refractivity contribution in [2.75, 3.05) is 41.0 Å². The van der Waals surface area contributed by atoms with Crippen LogP contribution < -0.4 is 34.9 Å². The van der Waals surface area contributed by atoms with Crippen LogP contribution in [0.5, 0.6) is 51.7 Å². The van der Waals surface area contributed by atoms with E-state index in [4.69, 9.17) is 18.9 Å². The molecule has 2 atom stereocenters. The molecule has 0 radical (unpaired) electrons. The number of methoxy groups -OCH3 is 3. The van der Waals surface area contributed by atoms with Gasteiger partial charge < -0.3 is 60.4 Å². The van der Waals surface area contributed by atoms with Gasteiger partial charge in [0.1, 0.15) is 17.2 Å². The monoisotopic (exact) mass is 935 g/mol. The van der Waals surface area contributed by atoms with Gasteiger partial charge in [0, 0.05) is 31.1 Å². The summed E-state index contributed by atoms with van der Waals surface area (Å²) in [6, 6.07) is 32.4. The molecule has 3 amide bonds. The standard InChI is InChI=1S/C54H53N3O12/c1-66-45-26-35(10-18-43(45)61)27-49(53(64)56-24-21-33-6-14-39(59)15-7-33)69-48-31-41-37(30-47(48)68-3)28-42(52(63)55-23-20-32-4-12-38(58)13-5-32)51(50(41)36-11-19-44(62)46(29-36)67-2)54(65)57-25-22-34-8-16-40(60)17-9-34/h4-19,26-31,50-51,58-62H,20-25H2,1-3H3,(H,55,63)(H,56,64)(H,57,65)/b49-27-. The van der Waals surface area contributed by atoms with Gasteiger partial charge in [-0.2, -0.15) is 0 Å². The number of phenolic OH excluding ortho intramolecular Hbond substituents is 5. The summed E-state index contributed by atoms with van der Waals surface area (Å²) in [4.78, 5) is 43.5. The van der Waals surface area contributed by atoms with Crippen LogP contribution in [0, 0.1) is 5.92 Å². The second-order valence-electron chi connectivity index (χ2n) is 16.2. The Balaban J connectivity index is 1.31. The summed E-state index contributed by atoms with van der Waals surface area (Å²) in [5.74, 6) is -3.23. The summed E-state index contributed by atoms with van der Waals surface area (Å²) in [5, 5.41) is 59.4. The maximum Gasteiger partial charge on any atom is 0.287 e. The van der Waals surface area contributed by atoms with Crippen molar-refractivity contribution in [1.29, 1.82) is 0 Å². The Labute approximate surface area is 398 Å². The zero-order valence-corrected chi connectivity index (χ0v) is 38.2. The molecule has 0 spiro atoms. The Morgan fingerprint density at radius 2 is 1.06 bits per heavy atom. The Hall–Kier alpha value is -8.59. The third-order valence-electron chi connectivity index (χ3n) is 11.7. The minimum absolute atomic E-state index is 0.0827. The van der Waals surface area contributed by atoms with Crippen LogP contribution in [-0.4, -0.2) is 84.2 Å². The highest BCUT2D eigenvalue weighted by Crippen LogP contribution is 2.48. The van der Waals surface area contributed by atoms with Crippen molar-refractivity contribution in [3.63, 3.8) is 0 Å². The minimum Gasteiger partial charge on any atom is -0.508 e. The molecular weight excluding hydrogens is 883 g/mol. The smallest absolute Gasteiger partial charge is 0.287 e. The fraction of sp³-hybridized carbons (Fsp3) is 0.204. The molecule has 8 N–H and O–H groups in total. The number of nitrogens with one attached hydrogen (secondary N) is 3. The molecule has 0 aromatic heterocycles. The van der Waals surface area contributed by atoms with Gasteiger partial charge in [0.25, 0.3) is 5.91 Å². The lowest BCUT2D eigenvalue weighted by molar-refractivity contribution is -0.127. The lowest BCUT2D eigenvalue weighted by Gasteiger charge is -2.34. The second-order valence-corrected chi connectivity index (χ2v) is 16.2. The third kappa shape index (κ3) is 12.1. The van der Waals surface area contributed by atoms with E-state index >= 15 is 0 Å². The molecule has 15 nitrogen and oxygen atoms in total. The van der Waals surface area contributed by atoms with E-state index < -0.39 is 29.6 Å². The van der Waals surface area contributed by atoms with Crippen molar-refractivity contribution in [1.82, 2.24) is 16.0 Å². The van der Waals surface area contributed by atoms with Crippen LogP contribution in [-0.2, 0) is 33.6 Å². The largest absolute Gasteiger partial charge is 0.508 e. The van der Waals surface area contributed by atoms with Crippen LogP contribution in [0.3, 0.4) is 0 Å². The van der Waals surface area contributed by atoms with Crippen molar-refractivity contribution in [2.24, 2.45) is 5.92 Å². The first-order chi connectivity index (χ1) is 33.3. The van der Waals surface area contributed by atoms with Crippen LogP contribution >= 0.6 is 0 Å². The van der Waals surface area contributed by atoms with Gasteiger partial charge in [-0.1, -0.05) is 48.5 Å². The fourth-order valence-electron chi connectivity index (χ4n) is 8.05. The first-order valence-corrected chi connectivity index (χ1v) is 22.1. The van der Waals surface area contributed by atoms with Crippen LogP contribution in [0.25, 0.3) is 12.2 Å². The highest BCUT2D eigenvalue weighted by molar-refractivity contribution is 6.06. The molecule has 7 rings (SSSR count). The van der Waals surface area contributed by atoms with Crippen LogP contribution in [0.4, 0.5) is 0 Å². The predicted octanol–water partition coefficient (Wildman–Crippen LogP) is 6.88. The number of benzene rings is 6. The molecule has 6 aromatic carbocycles. The number of carbonyl (C=O) groups excluding carboxylic acids is 3. The lowest BCUT2D eigenvalue weighted by Crippen LogP contribution is -2.42. The summed E-state index contributed by atoms with van der Waals surface area (Å²) in [7, 11) is 4.23. The van der Waals surface area contributed by atoms with E-state index in [0.717, 1.165) is 16.7 Å². The molecule has 356 valence electrons. The molecule has 2 unspecified atom stereocenters. The average molecular weight is 936 g/mol. The van der Waals surface area contributed by atoms with Crippen molar-refractivity contribution in [2.45, 2.75) is 25.2 Å². The summed E-state index contributed by atoms with van der Waals surface area (Å²) in [6.45, 7) is 0.586. The Bertz CT molecular complexity index is 2860. The third-order valence-corrected chi connectivity index (χ3v) is 11.7. The molecule has 0 fully saturated rings. The van der Waals surface area contributed by atoms with E-state index in [0.29, 0.717) is 41.5 Å². The number of hydrogen-bond donors (Lipinski definition) is 8. The van der Waals surface area contributed by atoms with Crippen LogP contribution in [0.2, 0.25) is 0 Å². The highest BCUT2D eigenvalue weighted by atomic mass is 16.5. The quantitative estimate of drug-likeness (QED) is 0.0307. The molecule has 1 aliphatic carbocycles. The molecule has 15 heteroatoms. The van der Waals surface area contributed by atoms with Gasteiger partial charge in [0.2, 0.25) is 11.8 Å². The first kappa shape index (κ1) is 48.3. The van der Waals surface area contributed by atoms with Gasteiger partial charge >= 0.3 is 0 Å². The van der Waals surface area contributed by atoms with E-state index in [-0.39, 0.29) is 82.7 Å². The van der Waals surface area contributed by atoms with Gasteiger partial charge in [-0.05, 0) is 143 Å². The number of hydrogen-bond acceptors (Lipinski definition) is 12. The van der Waals surface area contributed by atoms with E-state index in [1.807, 2.05) is 0 Å². The number of aromatic hydroxyl groups is 5. The molecule has 0 heterocycles. The molecule has 0 saturated carbocycles. The zero-order valence-electron chi connectivity index (χ0n) is 38.2. The average Bonchev–Trinajstić information content (AvgIpc) is 3.35. The molecule has 69 heavy (non-hydrogen) atoms. The van der Waals surface area contributed by atoms with Gasteiger partial charge in [-0.25, -0.2) is 0 Å². The maximum atomic E-state index is 14.8. The van der Waals surface area contributed by atoms with E-state index in [1.54, 1.807) is 109 Å². The fourth-order valence-corrected chi connectivity index (χ4v) is 8.05. The molecule has 6 aromatic rings. The molecule has 0 aliphatic heterocycles. The normalized spacial score (nSPS) is 14.1. The Morgan fingerprint density at radius 3 is 1.61 bits per heavy atom. The number of carbonyl (C=O) groups is 3. The van der Waals surface area contributed by atoms with Crippen molar-refractivity contribution in [3.05, 3.63) is 172 Å². The van der Waals surface area contributed by atoms with Crippen LogP contribution in [0.15, 0.2) is 133 Å². The molecule has 0 saturated heterocycles. The SMILES string of the molecule is COc1cc(/C=C(\Oc2cc3c(cc2OC)C=C(C(=O)NCCc2ccc(O)cc2)C(C(=O)NCCc2ccc(O)cc2)C3c2ccc(O)c(OC)c2)C(=O)NCCc2ccc(O)cc2)ccc1O.